The molecule has 1 heterocycles. The van der Waals surface area contributed by atoms with Crippen molar-refractivity contribution in [2.24, 2.45) is 0 Å². The minimum absolute atomic E-state index is 0. The van der Waals surface area contributed by atoms with Crippen molar-refractivity contribution in [1.29, 1.82) is 0 Å². The van der Waals surface area contributed by atoms with E-state index in [1.807, 2.05) is 67.6 Å². The number of sulfonamides is 1. The number of hydrogen-bond acceptors (Lipinski definition) is 4. The second-order valence-electron chi connectivity index (χ2n) is 7.01. The average molecular weight is 508 g/mol. The number of carbonyl (C=O) groups excluding carboxylic acids is 1. The first-order valence-corrected chi connectivity index (χ1v) is 10.8. The number of nitrogens with one attached hydrogen (secondary N) is 1. The van der Waals surface area contributed by atoms with Crippen molar-refractivity contribution < 1.29 is 32.7 Å². The van der Waals surface area contributed by atoms with Gasteiger partial charge in [0.05, 0.1) is 10.9 Å². The monoisotopic (exact) mass is 508 g/mol. The maximum absolute atomic E-state index is 13.5. The van der Waals surface area contributed by atoms with E-state index in [0.29, 0.717) is 0 Å². The summed E-state index contributed by atoms with van der Waals surface area (Å²) in [5, 5.41) is 3.12. The summed E-state index contributed by atoms with van der Waals surface area (Å²) in [6.07, 6.45) is 0. The molecule has 5 nitrogen and oxygen atoms in total. The zero-order valence-electron chi connectivity index (χ0n) is 16.2. The van der Waals surface area contributed by atoms with Crippen LogP contribution in [0.25, 0.3) is 0 Å². The maximum atomic E-state index is 13.5. The number of piperazine rings is 1. The van der Waals surface area contributed by atoms with Gasteiger partial charge in [-0.05, 0) is 30.2 Å². The van der Waals surface area contributed by atoms with Crippen LogP contribution in [0.5, 0.6) is 0 Å². The molecule has 0 unspecified atom stereocenters. The first kappa shape index (κ1) is 22.2. The van der Waals surface area contributed by atoms with Gasteiger partial charge in [-0.15, -0.1) is 0 Å². The number of aryl methyl sites for hydroxylation is 1. The molecule has 2 atom stereocenters. The second kappa shape index (κ2) is 9.13. The van der Waals surface area contributed by atoms with Crippen LogP contribution in [0.3, 0.4) is 0 Å². The van der Waals surface area contributed by atoms with Crippen LogP contribution in [0.2, 0.25) is 0 Å². The van der Waals surface area contributed by atoms with Crippen molar-refractivity contribution in [1.82, 2.24) is 9.62 Å². The molecule has 0 saturated carbocycles. The number of benzene rings is 3. The molecule has 0 spiro atoms. The maximum Gasteiger partial charge on any atom is 0.265 e. The van der Waals surface area contributed by atoms with E-state index in [1.165, 1.54) is 6.54 Å². The Morgan fingerprint density at radius 3 is 1.93 bits per heavy atom. The molecule has 0 bridgehead atoms. The molecule has 1 saturated heterocycles. The smallest absolute Gasteiger partial charge is 0.265 e. The third-order valence-corrected chi connectivity index (χ3v) is 6.84. The first-order chi connectivity index (χ1) is 14.0. The van der Waals surface area contributed by atoms with E-state index >= 15 is 0 Å². The summed E-state index contributed by atoms with van der Waals surface area (Å²) in [6, 6.07) is 24.2. The van der Waals surface area contributed by atoms with Crippen LogP contribution in [0.15, 0.2) is 89.8 Å². The Hall–Kier alpha value is -2.47. The summed E-state index contributed by atoms with van der Waals surface area (Å²) >= 11 is 0. The van der Waals surface area contributed by atoms with E-state index in [0.717, 1.165) is 21.0 Å². The number of carbonyl (C=O) groups is 1. The van der Waals surface area contributed by atoms with E-state index in [2.05, 4.69) is 5.32 Å². The topological polar surface area (TPSA) is 66.5 Å². The molecule has 7 heteroatoms. The van der Waals surface area contributed by atoms with Gasteiger partial charge in [-0.3, -0.25) is 4.31 Å². The van der Waals surface area contributed by atoms with Crippen molar-refractivity contribution in [2.75, 3.05) is 0 Å². The fourth-order valence-corrected chi connectivity index (χ4v) is 5.14. The van der Waals surface area contributed by atoms with E-state index in [4.69, 9.17) is 0 Å². The van der Waals surface area contributed by atoms with Gasteiger partial charge in [0.15, 0.2) is 0 Å². The van der Waals surface area contributed by atoms with Crippen LogP contribution < -0.4 is 5.32 Å². The fraction of sp³-hybridized carbons (Fsp3) is 0.130. The van der Waals surface area contributed by atoms with Gasteiger partial charge in [-0.1, -0.05) is 78.4 Å². The number of rotatable bonds is 4. The standard InChI is InChI=1S/C23H21N2O3S.Rh/c1-17-12-14-20(15-13-17)29(27,28)25-21(26)16-24-22(18-8-4-2-5-9-18)23(25)19-10-6-3-7-11-19;/h2-16,22-24H,1H3;/q-1;/t22-,23-;/m0./s1. The molecule has 1 amide bonds. The zero-order chi connectivity index (χ0) is 20.4. The molecule has 4 rings (SSSR count). The Morgan fingerprint density at radius 2 is 1.37 bits per heavy atom. The molecule has 1 fully saturated rings. The minimum Gasteiger partial charge on any atom is -0.438 e. The van der Waals surface area contributed by atoms with Crippen LogP contribution >= 0.6 is 0 Å². The van der Waals surface area contributed by atoms with Gasteiger partial charge in [-0.25, -0.2) is 15.0 Å². The molecule has 0 aliphatic carbocycles. The van der Waals surface area contributed by atoms with Gasteiger partial charge >= 0.3 is 0 Å². The van der Waals surface area contributed by atoms with Gasteiger partial charge < -0.3 is 10.1 Å². The number of amides is 1. The molecular formula is C23H21N2O3RhS-. The molecule has 1 aliphatic rings. The first-order valence-electron chi connectivity index (χ1n) is 9.33. The van der Waals surface area contributed by atoms with Crippen LogP contribution in [-0.4, -0.2) is 18.6 Å². The van der Waals surface area contributed by atoms with Crippen LogP contribution in [0.1, 0.15) is 28.8 Å². The molecular weight excluding hydrogens is 487 g/mol. The summed E-state index contributed by atoms with van der Waals surface area (Å²) in [6.45, 7) is 3.13. The van der Waals surface area contributed by atoms with Crippen molar-refractivity contribution >= 4 is 15.9 Å². The largest absolute Gasteiger partial charge is 0.438 e. The summed E-state index contributed by atoms with van der Waals surface area (Å²) < 4.78 is 28.1. The number of hydrogen-bond donors (Lipinski definition) is 1. The average Bonchev–Trinajstić information content (AvgIpc) is 2.75. The third-order valence-electron chi connectivity index (χ3n) is 5.05. The van der Waals surface area contributed by atoms with E-state index < -0.39 is 28.0 Å². The van der Waals surface area contributed by atoms with Gasteiger partial charge in [0.25, 0.3) is 10.0 Å². The SMILES string of the molecule is Cc1ccc(S(=O)(=O)N2C(=O)[CH-]N[C@@H](c3ccccc3)[C@@H]2c2ccccc2)cc1.[Rh]. The molecule has 3 aromatic carbocycles. The summed E-state index contributed by atoms with van der Waals surface area (Å²) in [7, 11) is -4.05. The molecule has 3 aromatic rings. The Labute approximate surface area is 189 Å². The predicted molar refractivity (Wildman–Crippen MR) is 111 cm³/mol. The van der Waals surface area contributed by atoms with Crippen molar-refractivity contribution in [3.63, 3.8) is 0 Å². The minimum atomic E-state index is -4.05. The van der Waals surface area contributed by atoms with Crippen LogP contribution in [-0.2, 0) is 34.3 Å². The summed E-state index contributed by atoms with van der Waals surface area (Å²) in [5.74, 6) is -0.591. The Morgan fingerprint density at radius 1 is 0.833 bits per heavy atom. The van der Waals surface area contributed by atoms with Gasteiger partial charge in [-0.2, -0.15) is 0 Å². The quantitative estimate of drug-likeness (QED) is 0.431. The zero-order valence-corrected chi connectivity index (χ0v) is 18.7. The number of nitrogens with zero attached hydrogens (tertiary/aromatic N) is 1. The summed E-state index contributed by atoms with van der Waals surface area (Å²) in [5.41, 5.74) is 2.59. The van der Waals surface area contributed by atoms with Crippen molar-refractivity contribution in [3.05, 3.63) is 108 Å². The molecule has 1 radical (unpaired) electrons. The van der Waals surface area contributed by atoms with E-state index in [9.17, 15) is 13.2 Å². The molecule has 157 valence electrons. The normalized spacial score (nSPS) is 19.0. The van der Waals surface area contributed by atoms with Crippen LogP contribution in [0.4, 0.5) is 0 Å². The Balaban J connectivity index is 0.00000256. The molecule has 1 N–H and O–H groups in total. The molecule has 0 aromatic heterocycles. The van der Waals surface area contributed by atoms with E-state index in [1.54, 1.807) is 24.3 Å². The van der Waals surface area contributed by atoms with Gasteiger partial charge in [0.1, 0.15) is 5.91 Å². The summed E-state index contributed by atoms with van der Waals surface area (Å²) in [4.78, 5) is 13.0. The van der Waals surface area contributed by atoms with Crippen LogP contribution in [0, 0.1) is 13.5 Å². The van der Waals surface area contributed by atoms with Crippen molar-refractivity contribution in [3.8, 4) is 0 Å². The van der Waals surface area contributed by atoms with Crippen molar-refractivity contribution in [2.45, 2.75) is 23.9 Å². The Kier molecular flexibility index (Phi) is 6.76. The van der Waals surface area contributed by atoms with Gasteiger partial charge in [0.2, 0.25) is 0 Å². The third kappa shape index (κ3) is 4.19. The second-order valence-corrected chi connectivity index (χ2v) is 8.82. The van der Waals surface area contributed by atoms with Gasteiger partial charge in [0, 0.05) is 25.5 Å². The fourth-order valence-electron chi connectivity index (χ4n) is 3.60. The van der Waals surface area contributed by atoms with E-state index in [-0.39, 0.29) is 24.4 Å². The molecule has 30 heavy (non-hydrogen) atoms. The Bertz CT molecular complexity index is 1100. The molecule has 1 aliphatic heterocycles. The predicted octanol–water partition coefficient (Wildman–Crippen LogP) is 3.76.